The maximum absolute atomic E-state index is 10.7. The molecule has 2 N–H and O–H groups in total. The molecule has 4 aromatic rings. The van der Waals surface area contributed by atoms with E-state index in [4.69, 9.17) is 37.9 Å². The number of aryl methyl sites for hydroxylation is 4. The van der Waals surface area contributed by atoms with E-state index in [1.165, 1.54) is 0 Å². The monoisotopic (exact) mass is 746 g/mol. The van der Waals surface area contributed by atoms with Gasteiger partial charge in [0.2, 0.25) is 11.5 Å². The van der Waals surface area contributed by atoms with Crippen molar-refractivity contribution in [3.05, 3.63) is 94.0 Å². The van der Waals surface area contributed by atoms with E-state index in [1.54, 1.807) is 56.9 Å². The molecule has 0 saturated carbocycles. The molecule has 0 amide bonds. The predicted molar refractivity (Wildman–Crippen MR) is 211 cm³/mol. The normalized spacial score (nSPS) is 12.1. The van der Waals surface area contributed by atoms with E-state index < -0.39 is 0 Å². The zero-order valence-corrected chi connectivity index (χ0v) is 33.2. The van der Waals surface area contributed by atoms with Crippen molar-refractivity contribution in [2.24, 2.45) is 11.8 Å². The van der Waals surface area contributed by atoms with Gasteiger partial charge in [0.1, 0.15) is 11.5 Å². The van der Waals surface area contributed by atoms with Gasteiger partial charge in [0, 0.05) is 13.2 Å². The number of hydrogen-bond acceptors (Lipinski definition) is 10. The number of ether oxygens (including phenoxy) is 8. The lowest BCUT2D eigenvalue weighted by Crippen LogP contribution is -2.24. The number of benzene rings is 4. The summed E-state index contributed by atoms with van der Waals surface area (Å²) in [6.45, 7) is 0.137. The Morgan fingerprint density at radius 1 is 0.426 bits per heavy atom. The molecule has 10 heteroatoms. The summed E-state index contributed by atoms with van der Waals surface area (Å²) >= 11 is 0. The van der Waals surface area contributed by atoms with Crippen LogP contribution in [-0.2, 0) is 38.5 Å². The van der Waals surface area contributed by atoms with E-state index >= 15 is 0 Å². The molecule has 4 aromatic carbocycles. The van der Waals surface area contributed by atoms with Gasteiger partial charge in [0.25, 0.3) is 0 Å². The second kappa shape index (κ2) is 21.2. The van der Waals surface area contributed by atoms with E-state index in [0.717, 1.165) is 83.4 Å². The minimum atomic E-state index is -0.0166. The second-order valence-electron chi connectivity index (χ2n) is 13.3. The summed E-state index contributed by atoms with van der Waals surface area (Å²) in [6, 6.07) is 20.6. The lowest BCUT2D eigenvalue weighted by Gasteiger charge is -2.27. The first-order valence-corrected chi connectivity index (χ1v) is 18.4. The van der Waals surface area contributed by atoms with Crippen LogP contribution in [0, 0.1) is 11.8 Å². The van der Waals surface area contributed by atoms with Gasteiger partial charge in [-0.1, -0.05) is 24.3 Å². The van der Waals surface area contributed by atoms with Gasteiger partial charge >= 0.3 is 0 Å². The van der Waals surface area contributed by atoms with Crippen molar-refractivity contribution >= 4 is 0 Å². The largest absolute Gasteiger partial charge is 0.496 e. The number of methoxy groups -OCH3 is 8. The highest BCUT2D eigenvalue weighted by Gasteiger charge is 2.23. The van der Waals surface area contributed by atoms with Crippen LogP contribution in [0.15, 0.2) is 60.7 Å². The smallest absolute Gasteiger partial charge is 0.203 e. The van der Waals surface area contributed by atoms with Crippen molar-refractivity contribution in [3.8, 4) is 46.0 Å². The Balaban J connectivity index is 1.47. The van der Waals surface area contributed by atoms with Crippen LogP contribution in [0.25, 0.3) is 0 Å². The zero-order valence-electron chi connectivity index (χ0n) is 33.2. The molecule has 0 saturated heterocycles. The topological polar surface area (TPSA) is 114 Å². The number of rotatable bonds is 23. The highest BCUT2D eigenvalue weighted by Crippen LogP contribution is 2.40. The highest BCUT2D eigenvalue weighted by molar-refractivity contribution is 5.55. The molecule has 0 aliphatic carbocycles. The number of hydrogen-bond donors (Lipinski definition) is 2. The first-order chi connectivity index (χ1) is 26.3. The molecular formula is C44H58O10. The van der Waals surface area contributed by atoms with Crippen molar-refractivity contribution in [3.63, 3.8) is 0 Å². The predicted octanol–water partition coefficient (Wildman–Crippen LogP) is 7.11. The average molecular weight is 747 g/mol. The van der Waals surface area contributed by atoms with Gasteiger partial charge in [-0.3, -0.25) is 0 Å². The van der Waals surface area contributed by atoms with Gasteiger partial charge < -0.3 is 48.1 Å². The molecule has 0 bridgehead atoms. The van der Waals surface area contributed by atoms with Gasteiger partial charge in [0.05, 0.1) is 56.9 Å². The van der Waals surface area contributed by atoms with Crippen LogP contribution in [0.4, 0.5) is 0 Å². The van der Waals surface area contributed by atoms with Crippen LogP contribution in [0.3, 0.4) is 0 Å². The van der Waals surface area contributed by atoms with E-state index in [1.807, 2.05) is 24.3 Å². The van der Waals surface area contributed by atoms with E-state index in [-0.39, 0.29) is 25.0 Å². The summed E-state index contributed by atoms with van der Waals surface area (Å²) < 4.78 is 44.9. The summed E-state index contributed by atoms with van der Waals surface area (Å²) in [7, 11) is 13.1. The van der Waals surface area contributed by atoms with Crippen molar-refractivity contribution in [2.45, 2.75) is 51.4 Å². The molecule has 0 spiro atoms. The van der Waals surface area contributed by atoms with Gasteiger partial charge in [-0.05, 0) is 133 Å². The Bertz CT molecular complexity index is 1720. The molecule has 0 heterocycles. The lowest BCUT2D eigenvalue weighted by atomic mass is 9.80. The molecule has 4 rings (SSSR count). The van der Waals surface area contributed by atoms with Gasteiger partial charge in [0.15, 0.2) is 23.0 Å². The summed E-state index contributed by atoms with van der Waals surface area (Å²) in [6.07, 6.45) is 5.90. The van der Waals surface area contributed by atoms with Crippen molar-refractivity contribution in [1.82, 2.24) is 0 Å². The van der Waals surface area contributed by atoms with Crippen LogP contribution in [0.5, 0.6) is 46.0 Å². The molecule has 294 valence electrons. The fourth-order valence-corrected chi connectivity index (χ4v) is 7.21. The van der Waals surface area contributed by atoms with Crippen molar-refractivity contribution in [1.29, 1.82) is 0 Å². The van der Waals surface area contributed by atoms with Gasteiger partial charge in [-0.2, -0.15) is 0 Å². The van der Waals surface area contributed by atoms with E-state index in [2.05, 4.69) is 36.4 Å². The quantitative estimate of drug-likeness (QED) is 0.0815. The minimum Gasteiger partial charge on any atom is -0.496 e. The van der Waals surface area contributed by atoms with Crippen LogP contribution in [0.2, 0.25) is 0 Å². The molecule has 0 aliphatic rings. The maximum atomic E-state index is 10.7. The van der Waals surface area contributed by atoms with Crippen molar-refractivity contribution in [2.75, 3.05) is 70.1 Å². The molecule has 0 aliphatic heterocycles. The Morgan fingerprint density at radius 3 is 1.13 bits per heavy atom. The molecular weight excluding hydrogens is 688 g/mol. The standard InChI is InChI=1S/C44H58O10/c1-47-37-22-29(11-15-33(37)17-13-31-24-39(49-3)43(53-7)40(25-31)50-4)20-35(10-9-19-45)36(28-46)21-30-12-16-34(38(23-30)48-2)18-14-32-26-41(51-5)44(54-8)42(27-32)52-6/h11-12,15-16,22-27,35-36,45-46H,9-10,13-14,17-21,28H2,1-8H3/t35-,36+/m1/s1. The first kappa shape index (κ1) is 41.9. The van der Waals surface area contributed by atoms with Crippen LogP contribution in [-0.4, -0.2) is 80.3 Å². The maximum Gasteiger partial charge on any atom is 0.203 e. The summed E-state index contributed by atoms with van der Waals surface area (Å²) in [5.74, 6) is 5.42. The Hall–Kier alpha value is -4.80. The minimum absolute atomic E-state index is 0.0166. The lowest BCUT2D eigenvalue weighted by molar-refractivity contribution is 0.158. The fraction of sp³-hybridized carbons (Fsp3) is 0.455. The molecule has 10 nitrogen and oxygen atoms in total. The zero-order chi connectivity index (χ0) is 39.0. The number of aliphatic hydroxyl groups excluding tert-OH is 2. The molecule has 0 unspecified atom stereocenters. The molecule has 2 atom stereocenters. The average Bonchev–Trinajstić information content (AvgIpc) is 3.21. The Kier molecular flexibility index (Phi) is 16.5. The van der Waals surface area contributed by atoms with Gasteiger partial charge in [-0.25, -0.2) is 0 Å². The SMILES string of the molecule is COc1cc(C[C@@H](CO)[C@H](CCCO)Cc2ccc(CCc3cc(OC)c(OC)c(OC)c3)c(OC)c2)ccc1CCc1cc(OC)c(OC)c(OC)c1. The van der Waals surface area contributed by atoms with E-state index in [0.29, 0.717) is 47.3 Å². The molecule has 0 aromatic heterocycles. The van der Waals surface area contributed by atoms with Crippen LogP contribution < -0.4 is 37.9 Å². The van der Waals surface area contributed by atoms with Crippen LogP contribution >= 0.6 is 0 Å². The van der Waals surface area contributed by atoms with Gasteiger partial charge in [-0.15, -0.1) is 0 Å². The van der Waals surface area contributed by atoms with E-state index in [9.17, 15) is 10.2 Å². The highest BCUT2D eigenvalue weighted by atomic mass is 16.5. The summed E-state index contributed by atoms with van der Waals surface area (Å²) in [5, 5.41) is 20.5. The number of aliphatic hydroxyl groups is 2. The fourth-order valence-electron chi connectivity index (χ4n) is 7.21. The third-order valence-corrected chi connectivity index (χ3v) is 10.1. The summed E-state index contributed by atoms with van der Waals surface area (Å²) in [4.78, 5) is 0. The third kappa shape index (κ3) is 10.7. The molecule has 54 heavy (non-hydrogen) atoms. The molecule has 0 radical (unpaired) electrons. The summed E-state index contributed by atoms with van der Waals surface area (Å²) in [5.41, 5.74) is 6.53. The third-order valence-electron chi connectivity index (χ3n) is 10.1. The van der Waals surface area contributed by atoms with Crippen molar-refractivity contribution < 1.29 is 48.1 Å². The Labute approximate surface area is 320 Å². The Morgan fingerprint density at radius 2 is 0.796 bits per heavy atom. The second-order valence-corrected chi connectivity index (χ2v) is 13.3. The molecule has 0 fully saturated rings. The first-order valence-electron chi connectivity index (χ1n) is 18.4. The van der Waals surface area contributed by atoms with Crippen LogP contribution in [0.1, 0.15) is 46.2 Å².